The van der Waals surface area contributed by atoms with E-state index in [1.54, 1.807) is 12.1 Å². The second kappa shape index (κ2) is 7.50. The minimum Gasteiger partial charge on any atom is -0.485 e. The SMILES string of the molecule is C=Cc1ccc2c(c1)C(=O)OC(c1ccccc1)CC(c1ccccc1)O2. The number of cyclic esters (lactones) is 1. The summed E-state index contributed by atoms with van der Waals surface area (Å²) < 4.78 is 12.2. The van der Waals surface area contributed by atoms with Gasteiger partial charge in [-0.05, 0) is 28.8 Å². The molecule has 1 heterocycles. The lowest BCUT2D eigenvalue weighted by Crippen LogP contribution is -2.22. The van der Waals surface area contributed by atoms with Gasteiger partial charge in [-0.15, -0.1) is 0 Å². The van der Waals surface area contributed by atoms with Crippen LogP contribution in [0.15, 0.2) is 85.4 Å². The van der Waals surface area contributed by atoms with Gasteiger partial charge in [0.25, 0.3) is 0 Å². The molecule has 0 fully saturated rings. The van der Waals surface area contributed by atoms with Crippen LogP contribution in [-0.4, -0.2) is 5.97 Å². The standard InChI is InChI=1S/C24H20O3/c1-2-17-13-14-21-20(15-17)24(25)27-23(19-11-7-4-8-12-19)16-22(26-21)18-9-5-3-6-10-18/h2-15,22-23H,1,16H2. The van der Waals surface area contributed by atoms with Crippen LogP contribution in [0.25, 0.3) is 6.08 Å². The molecule has 0 radical (unpaired) electrons. The third-order valence-electron chi connectivity index (χ3n) is 4.75. The van der Waals surface area contributed by atoms with E-state index in [0.29, 0.717) is 17.7 Å². The molecule has 3 aromatic carbocycles. The molecule has 4 rings (SSSR count). The summed E-state index contributed by atoms with van der Waals surface area (Å²) in [6.07, 6.45) is 1.64. The Bertz CT molecular complexity index is 948. The fourth-order valence-corrected chi connectivity index (χ4v) is 3.32. The Morgan fingerprint density at radius 2 is 1.41 bits per heavy atom. The molecule has 3 aromatic rings. The van der Waals surface area contributed by atoms with Gasteiger partial charge in [0.1, 0.15) is 23.5 Å². The van der Waals surface area contributed by atoms with Crippen molar-refractivity contribution in [1.29, 1.82) is 0 Å². The van der Waals surface area contributed by atoms with Crippen molar-refractivity contribution in [2.45, 2.75) is 18.6 Å². The molecule has 0 N–H and O–H groups in total. The monoisotopic (exact) mass is 356 g/mol. The van der Waals surface area contributed by atoms with Gasteiger partial charge in [0.2, 0.25) is 0 Å². The maximum Gasteiger partial charge on any atom is 0.342 e. The highest BCUT2D eigenvalue weighted by atomic mass is 16.6. The van der Waals surface area contributed by atoms with Gasteiger partial charge in [-0.3, -0.25) is 0 Å². The molecule has 0 saturated carbocycles. The fourth-order valence-electron chi connectivity index (χ4n) is 3.32. The molecule has 0 aromatic heterocycles. The van der Waals surface area contributed by atoms with Crippen LogP contribution in [-0.2, 0) is 4.74 Å². The summed E-state index contributed by atoms with van der Waals surface area (Å²) in [7, 11) is 0. The molecule has 3 nitrogen and oxygen atoms in total. The van der Waals surface area contributed by atoms with Gasteiger partial charge in [-0.1, -0.05) is 79.4 Å². The molecule has 2 atom stereocenters. The highest BCUT2D eigenvalue weighted by molar-refractivity contribution is 5.93. The largest absolute Gasteiger partial charge is 0.485 e. The van der Waals surface area contributed by atoms with Crippen LogP contribution in [0.1, 0.15) is 45.7 Å². The van der Waals surface area contributed by atoms with Crippen LogP contribution >= 0.6 is 0 Å². The van der Waals surface area contributed by atoms with Gasteiger partial charge in [0.15, 0.2) is 0 Å². The van der Waals surface area contributed by atoms with E-state index in [1.807, 2.05) is 72.8 Å². The van der Waals surface area contributed by atoms with Gasteiger partial charge < -0.3 is 9.47 Å². The van der Waals surface area contributed by atoms with Gasteiger partial charge in [0, 0.05) is 6.42 Å². The number of benzene rings is 3. The molecule has 27 heavy (non-hydrogen) atoms. The van der Waals surface area contributed by atoms with E-state index in [-0.39, 0.29) is 18.2 Å². The number of carbonyl (C=O) groups is 1. The zero-order valence-corrected chi connectivity index (χ0v) is 14.9. The van der Waals surface area contributed by atoms with E-state index in [1.165, 1.54) is 0 Å². The van der Waals surface area contributed by atoms with E-state index in [0.717, 1.165) is 16.7 Å². The van der Waals surface area contributed by atoms with Gasteiger partial charge in [0.05, 0.1) is 0 Å². The van der Waals surface area contributed by atoms with Crippen molar-refractivity contribution in [3.63, 3.8) is 0 Å². The van der Waals surface area contributed by atoms with Gasteiger partial charge in [-0.2, -0.15) is 0 Å². The van der Waals surface area contributed by atoms with E-state index in [2.05, 4.69) is 6.58 Å². The summed E-state index contributed by atoms with van der Waals surface area (Å²) in [5, 5.41) is 0. The first kappa shape index (κ1) is 17.1. The number of ether oxygens (including phenoxy) is 2. The summed E-state index contributed by atoms with van der Waals surface area (Å²) in [4.78, 5) is 12.8. The minimum absolute atomic E-state index is 0.224. The van der Waals surface area contributed by atoms with Crippen LogP contribution < -0.4 is 4.74 Å². The van der Waals surface area contributed by atoms with Crippen molar-refractivity contribution in [2.75, 3.05) is 0 Å². The Hall–Kier alpha value is -3.33. The van der Waals surface area contributed by atoms with Crippen molar-refractivity contribution in [3.8, 4) is 5.75 Å². The van der Waals surface area contributed by atoms with Gasteiger partial charge >= 0.3 is 5.97 Å². The quantitative estimate of drug-likeness (QED) is 0.560. The summed E-state index contributed by atoms with van der Waals surface area (Å²) in [5.41, 5.74) is 3.28. The molecular formula is C24H20O3. The smallest absolute Gasteiger partial charge is 0.342 e. The van der Waals surface area contributed by atoms with E-state index < -0.39 is 0 Å². The topological polar surface area (TPSA) is 35.5 Å². The molecule has 1 aliphatic heterocycles. The van der Waals surface area contributed by atoms with Crippen LogP contribution in [0.3, 0.4) is 0 Å². The number of esters is 1. The van der Waals surface area contributed by atoms with Crippen LogP contribution in [0, 0.1) is 0 Å². The Balaban J connectivity index is 1.79. The third kappa shape index (κ3) is 3.63. The molecular weight excluding hydrogens is 336 g/mol. The number of hydrogen-bond donors (Lipinski definition) is 0. The van der Waals surface area contributed by atoms with E-state index in [9.17, 15) is 4.79 Å². The first-order valence-electron chi connectivity index (χ1n) is 8.98. The van der Waals surface area contributed by atoms with Crippen LogP contribution in [0.4, 0.5) is 0 Å². The van der Waals surface area contributed by atoms with Crippen molar-refractivity contribution in [1.82, 2.24) is 0 Å². The normalized spacial score (nSPS) is 19.0. The molecule has 0 bridgehead atoms. The van der Waals surface area contributed by atoms with Crippen molar-refractivity contribution < 1.29 is 14.3 Å². The Labute approximate surface area is 158 Å². The molecule has 0 aliphatic carbocycles. The first-order chi connectivity index (χ1) is 13.2. The number of carbonyl (C=O) groups excluding carboxylic acids is 1. The molecule has 2 unspecified atom stereocenters. The van der Waals surface area contributed by atoms with Crippen molar-refractivity contribution in [2.24, 2.45) is 0 Å². The average molecular weight is 356 g/mol. The highest BCUT2D eigenvalue weighted by Crippen LogP contribution is 2.38. The lowest BCUT2D eigenvalue weighted by molar-refractivity contribution is 0.0102. The van der Waals surface area contributed by atoms with E-state index >= 15 is 0 Å². The van der Waals surface area contributed by atoms with Crippen molar-refractivity contribution >= 4 is 12.0 Å². The van der Waals surface area contributed by atoms with E-state index in [4.69, 9.17) is 9.47 Å². The maximum atomic E-state index is 12.8. The zero-order chi connectivity index (χ0) is 18.6. The molecule has 1 aliphatic rings. The summed E-state index contributed by atoms with van der Waals surface area (Å²) in [6.45, 7) is 3.78. The summed E-state index contributed by atoms with van der Waals surface area (Å²) >= 11 is 0. The second-order valence-corrected chi connectivity index (χ2v) is 6.52. The maximum absolute atomic E-state index is 12.8. The molecule has 134 valence electrons. The van der Waals surface area contributed by atoms with Crippen LogP contribution in [0.2, 0.25) is 0 Å². The molecule has 0 amide bonds. The lowest BCUT2D eigenvalue weighted by atomic mass is 9.97. The minimum atomic E-state index is -0.385. The molecule has 0 saturated heterocycles. The number of rotatable bonds is 3. The van der Waals surface area contributed by atoms with Crippen LogP contribution in [0.5, 0.6) is 5.75 Å². The average Bonchev–Trinajstić information content (AvgIpc) is 2.72. The first-order valence-corrected chi connectivity index (χ1v) is 8.98. The third-order valence-corrected chi connectivity index (χ3v) is 4.75. The van der Waals surface area contributed by atoms with Crippen molar-refractivity contribution in [3.05, 3.63) is 108 Å². The zero-order valence-electron chi connectivity index (χ0n) is 14.9. The predicted molar refractivity (Wildman–Crippen MR) is 106 cm³/mol. The summed E-state index contributed by atoms with van der Waals surface area (Å²) in [6, 6.07) is 25.3. The number of fused-ring (bicyclic) bond motifs is 1. The highest BCUT2D eigenvalue weighted by Gasteiger charge is 2.30. The predicted octanol–water partition coefficient (Wildman–Crippen LogP) is 5.75. The Kier molecular flexibility index (Phi) is 4.75. The Morgan fingerprint density at radius 1 is 0.815 bits per heavy atom. The molecule has 0 spiro atoms. The fraction of sp³-hybridized carbons (Fsp3) is 0.125. The molecule has 3 heteroatoms. The lowest BCUT2D eigenvalue weighted by Gasteiger charge is -2.29. The summed E-state index contributed by atoms with van der Waals surface area (Å²) in [5.74, 6) is 0.153. The number of hydrogen-bond acceptors (Lipinski definition) is 3. The second-order valence-electron chi connectivity index (χ2n) is 6.52. The Morgan fingerprint density at radius 3 is 2.00 bits per heavy atom. The van der Waals surface area contributed by atoms with Gasteiger partial charge in [-0.25, -0.2) is 4.79 Å².